The van der Waals surface area contributed by atoms with Crippen molar-refractivity contribution in [3.63, 3.8) is 0 Å². The van der Waals surface area contributed by atoms with Gasteiger partial charge in [-0.05, 0) is 12.1 Å². The lowest BCUT2D eigenvalue weighted by atomic mass is 10.4. The lowest BCUT2D eigenvalue weighted by Crippen LogP contribution is -2.01. The van der Waals surface area contributed by atoms with Gasteiger partial charge in [0.25, 0.3) is 0 Å². The minimum absolute atomic E-state index is 0.567. The highest BCUT2D eigenvalue weighted by atomic mass is 16.5. The fourth-order valence-corrected chi connectivity index (χ4v) is 0.949. The molecule has 0 unspecified atom stereocenters. The Morgan fingerprint density at radius 3 is 2.93 bits per heavy atom. The van der Waals surface area contributed by atoms with E-state index in [1.54, 1.807) is 13.3 Å². The van der Waals surface area contributed by atoms with E-state index in [-0.39, 0.29) is 0 Å². The first-order valence-electron chi connectivity index (χ1n) is 4.46. The molecule has 0 atom stereocenters. The van der Waals surface area contributed by atoms with Crippen LogP contribution in [0.4, 0.5) is 5.82 Å². The molecule has 0 aliphatic rings. The van der Waals surface area contributed by atoms with Gasteiger partial charge in [-0.2, -0.15) is 0 Å². The highest BCUT2D eigenvalue weighted by Crippen LogP contribution is 2.10. The first-order valence-corrected chi connectivity index (χ1v) is 4.46. The Labute approximate surface area is 83.8 Å². The normalized spacial score (nSPS) is 10.4. The van der Waals surface area contributed by atoms with Crippen LogP contribution in [0.5, 0.6) is 5.75 Å². The lowest BCUT2D eigenvalue weighted by Gasteiger charge is -2.03. The summed E-state index contributed by atoms with van der Waals surface area (Å²) in [4.78, 5) is 4.15. The maximum atomic E-state index is 5.30. The first kappa shape index (κ1) is 10.5. The van der Waals surface area contributed by atoms with Crippen molar-refractivity contribution in [3.8, 4) is 5.75 Å². The summed E-state index contributed by atoms with van der Waals surface area (Å²) in [7, 11) is 1.62. The summed E-state index contributed by atoms with van der Waals surface area (Å²) >= 11 is 0. The minimum atomic E-state index is 0.567. The molecule has 0 aromatic carbocycles. The van der Waals surface area contributed by atoms with Gasteiger partial charge in [-0.3, -0.25) is 0 Å². The summed E-state index contributed by atoms with van der Waals surface area (Å²) in [6, 6.07) is 3.73. The Morgan fingerprint density at radius 2 is 2.36 bits per heavy atom. The standard InChI is InChI=1S/C10H15N3O/c1-14-9-4-5-10(13-8-9)12-7-3-2-6-11/h2-5,8H,6-7,11H2,1H3,(H,12,13)/b3-2+. The van der Waals surface area contributed by atoms with Gasteiger partial charge in [-0.25, -0.2) is 4.98 Å². The lowest BCUT2D eigenvalue weighted by molar-refractivity contribution is 0.413. The largest absolute Gasteiger partial charge is 0.495 e. The van der Waals surface area contributed by atoms with Gasteiger partial charge in [0, 0.05) is 13.1 Å². The number of anilines is 1. The molecule has 3 N–H and O–H groups in total. The summed E-state index contributed by atoms with van der Waals surface area (Å²) in [5.41, 5.74) is 5.30. The van der Waals surface area contributed by atoms with Crippen molar-refractivity contribution in [2.75, 3.05) is 25.5 Å². The van der Waals surface area contributed by atoms with Crippen LogP contribution in [0, 0.1) is 0 Å². The summed E-state index contributed by atoms with van der Waals surface area (Å²) < 4.78 is 4.99. The molecule has 76 valence electrons. The number of nitrogens with one attached hydrogen (secondary N) is 1. The Morgan fingerprint density at radius 1 is 1.50 bits per heavy atom. The zero-order valence-electron chi connectivity index (χ0n) is 8.23. The fraction of sp³-hybridized carbons (Fsp3) is 0.300. The Kier molecular flexibility index (Phi) is 4.50. The zero-order valence-corrected chi connectivity index (χ0v) is 8.23. The average molecular weight is 193 g/mol. The van der Waals surface area contributed by atoms with Gasteiger partial charge < -0.3 is 15.8 Å². The fourth-order valence-electron chi connectivity index (χ4n) is 0.949. The van der Waals surface area contributed by atoms with E-state index in [2.05, 4.69) is 10.3 Å². The van der Waals surface area contributed by atoms with Crippen LogP contribution in [0.3, 0.4) is 0 Å². The number of aromatic nitrogens is 1. The van der Waals surface area contributed by atoms with E-state index in [0.29, 0.717) is 6.54 Å². The number of nitrogens with zero attached hydrogens (tertiary/aromatic N) is 1. The molecule has 0 spiro atoms. The molecular formula is C10H15N3O. The molecule has 0 saturated carbocycles. The number of rotatable bonds is 5. The van der Waals surface area contributed by atoms with E-state index in [4.69, 9.17) is 10.5 Å². The van der Waals surface area contributed by atoms with E-state index in [1.165, 1.54) is 0 Å². The second-order valence-corrected chi connectivity index (χ2v) is 2.67. The maximum absolute atomic E-state index is 5.30. The summed E-state index contributed by atoms with van der Waals surface area (Å²) in [6.07, 6.45) is 5.54. The molecule has 1 aromatic rings. The van der Waals surface area contributed by atoms with Gasteiger partial charge in [-0.1, -0.05) is 12.2 Å². The van der Waals surface area contributed by atoms with Gasteiger partial charge in [0.2, 0.25) is 0 Å². The van der Waals surface area contributed by atoms with Crippen LogP contribution < -0.4 is 15.8 Å². The third-order valence-electron chi connectivity index (χ3n) is 1.68. The average Bonchev–Trinajstić information content (AvgIpc) is 2.25. The third kappa shape index (κ3) is 3.45. The van der Waals surface area contributed by atoms with Crippen LogP contribution in [0.1, 0.15) is 0 Å². The van der Waals surface area contributed by atoms with Gasteiger partial charge in [-0.15, -0.1) is 0 Å². The third-order valence-corrected chi connectivity index (χ3v) is 1.68. The predicted octanol–water partition coefficient (Wildman–Crippen LogP) is 1.02. The molecule has 1 aromatic heterocycles. The van der Waals surface area contributed by atoms with Crippen molar-refractivity contribution in [3.05, 3.63) is 30.5 Å². The molecule has 0 fully saturated rings. The van der Waals surface area contributed by atoms with Crippen LogP contribution in [0.15, 0.2) is 30.5 Å². The number of ether oxygens (including phenoxy) is 1. The molecule has 1 heterocycles. The molecule has 0 aliphatic carbocycles. The number of methoxy groups -OCH3 is 1. The number of hydrogen-bond acceptors (Lipinski definition) is 4. The van der Waals surface area contributed by atoms with E-state index < -0.39 is 0 Å². The van der Waals surface area contributed by atoms with Gasteiger partial charge in [0.1, 0.15) is 11.6 Å². The highest BCUT2D eigenvalue weighted by molar-refractivity contribution is 5.37. The first-order chi connectivity index (χ1) is 6.86. The second-order valence-electron chi connectivity index (χ2n) is 2.67. The quantitative estimate of drug-likeness (QED) is 0.685. The minimum Gasteiger partial charge on any atom is -0.495 e. The van der Waals surface area contributed by atoms with E-state index in [0.717, 1.165) is 18.1 Å². The van der Waals surface area contributed by atoms with E-state index >= 15 is 0 Å². The molecule has 0 radical (unpaired) electrons. The van der Waals surface area contributed by atoms with Gasteiger partial charge >= 0.3 is 0 Å². The molecule has 4 heteroatoms. The van der Waals surface area contributed by atoms with Crippen molar-refractivity contribution in [1.82, 2.24) is 4.98 Å². The Balaban J connectivity index is 2.40. The van der Waals surface area contributed by atoms with Gasteiger partial charge in [0.15, 0.2) is 0 Å². The molecule has 1 rings (SSSR count). The summed E-state index contributed by atoms with van der Waals surface area (Å²) in [5, 5.41) is 3.12. The molecule has 4 nitrogen and oxygen atoms in total. The molecular weight excluding hydrogens is 178 g/mol. The van der Waals surface area contributed by atoms with Gasteiger partial charge in [0.05, 0.1) is 13.3 Å². The molecule has 0 saturated heterocycles. The van der Waals surface area contributed by atoms with E-state index in [1.807, 2.05) is 24.3 Å². The second kappa shape index (κ2) is 5.99. The van der Waals surface area contributed by atoms with Crippen LogP contribution >= 0.6 is 0 Å². The number of pyridine rings is 1. The molecule has 0 aliphatic heterocycles. The number of hydrogen-bond donors (Lipinski definition) is 2. The Bertz CT molecular complexity index is 282. The predicted molar refractivity (Wildman–Crippen MR) is 57.5 cm³/mol. The molecule has 14 heavy (non-hydrogen) atoms. The van der Waals surface area contributed by atoms with Crippen molar-refractivity contribution in [2.45, 2.75) is 0 Å². The van der Waals surface area contributed by atoms with Crippen LogP contribution in [0.25, 0.3) is 0 Å². The smallest absolute Gasteiger partial charge is 0.137 e. The number of nitrogens with two attached hydrogens (primary N) is 1. The highest BCUT2D eigenvalue weighted by Gasteiger charge is 1.92. The van der Waals surface area contributed by atoms with Crippen molar-refractivity contribution in [1.29, 1.82) is 0 Å². The summed E-state index contributed by atoms with van der Waals surface area (Å²) in [6.45, 7) is 1.30. The molecule has 0 bridgehead atoms. The zero-order chi connectivity index (χ0) is 10.2. The van der Waals surface area contributed by atoms with Crippen molar-refractivity contribution in [2.24, 2.45) is 5.73 Å². The SMILES string of the molecule is COc1ccc(NC/C=C/CN)nc1. The van der Waals surface area contributed by atoms with Crippen LogP contribution in [-0.4, -0.2) is 25.2 Å². The van der Waals surface area contributed by atoms with E-state index in [9.17, 15) is 0 Å². The van der Waals surface area contributed by atoms with Crippen molar-refractivity contribution >= 4 is 5.82 Å². The molecule has 0 amide bonds. The van der Waals surface area contributed by atoms with Crippen molar-refractivity contribution < 1.29 is 4.74 Å². The van der Waals surface area contributed by atoms with Crippen LogP contribution in [0.2, 0.25) is 0 Å². The Hall–Kier alpha value is -1.55. The topological polar surface area (TPSA) is 60.2 Å². The summed E-state index contributed by atoms with van der Waals surface area (Å²) in [5.74, 6) is 1.58. The van der Waals surface area contributed by atoms with Crippen LogP contribution in [-0.2, 0) is 0 Å². The maximum Gasteiger partial charge on any atom is 0.137 e. The monoisotopic (exact) mass is 193 g/mol.